The van der Waals surface area contributed by atoms with Gasteiger partial charge in [0, 0.05) is 17.1 Å². The van der Waals surface area contributed by atoms with E-state index in [1.165, 1.54) is 0 Å². The van der Waals surface area contributed by atoms with E-state index in [0.29, 0.717) is 5.69 Å². The molecule has 2 aromatic rings. The van der Waals surface area contributed by atoms with Crippen LogP contribution in [0.2, 0.25) is 0 Å². The first kappa shape index (κ1) is 14.1. The molecule has 0 bridgehead atoms. The molecule has 4 nitrogen and oxygen atoms in total. The van der Waals surface area contributed by atoms with Gasteiger partial charge >= 0.3 is 5.97 Å². The van der Waals surface area contributed by atoms with Crippen LogP contribution in [0, 0.1) is 27.7 Å². The molecule has 1 aromatic carbocycles. The maximum absolute atomic E-state index is 11.7. The van der Waals surface area contributed by atoms with Crippen molar-refractivity contribution in [3.8, 4) is 5.69 Å². The molecule has 4 heteroatoms. The maximum atomic E-state index is 11.7. The molecule has 20 heavy (non-hydrogen) atoms. The minimum Gasteiger partial charge on any atom is -0.475 e. The molecule has 0 aliphatic heterocycles. The zero-order valence-corrected chi connectivity index (χ0v) is 12.0. The second kappa shape index (κ2) is 4.96. The molecule has 2 rings (SSSR count). The van der Waals surface area contributed by atoms with E-state index in [0.717, 1.165) is 22.5 Å². The van der Waals surface area contributed by atoms with Crippen LogP contribution in [0.25, 0.3) is 5.69 Å². The van der Waals surface area contributed by atoms with Gasteiger partial charge in [-0.15, -0.1) is 0 Å². The first-order valence-corrected chi connectivity index (χ1v) is 6.36. The minimum atomic E-state index is -1.43. The van der Waals surface area contributed by atoms with E-state index in [-0.39, 0.29) is 5.56 Å². The van der Waals surface area contributed by atoms with Gasteiger partial charge in [0.15, 0.2) is 0 Å². The number of hydrogen-bond acceptors (Lipinski definition) is 2. The van der Waals surface area contributed by atoms with Gasteiger partial charge in [-0.1, -0.05) is 6.07 Å². The van der Waals surface area contributed by atoms with Crippen molar-refractivity contribution in [2.75, 3.05) is 0 Å². The smallest absolute Gasteiger partial charge is 0.377 e. The number of Topliss-reactive ketones (excluding diaryl/α,β-unsaturated/α-hetero) is 1. The van der Waals surface area contributed by atoms with Crippen LogP contribution >= 0.6 is 0 Å². The van der Waals surface area contributed by atoms with Crippen LogP contribution in [-0.2, 0) is 4.79 Å². The van der Waals surface area contributed by atoms with E-state index >= 15 is 0 Å². The summed E-state index contributed by atoms with van der Waals surface area (Å²) in [5, 5.41) is 8.86. The Morgan fingerprint density at radius 1 is 0.950 bits per heavy atom. The van der Waals surface area contributed by atoms with Crippen molar-refractivity contribution in [3.63, 3.8) is 0 Å². The van der Waals surface area contributed by atoms with E-state index in [2.05, 4.69) is 6.07 Å². The van der Waals surface area contributed by atoms with E-state index < -0.39 is 11.8 Å². The van der Waals surface area contributed by atoms with Crippen molar-refractivity contribution in [2.45, 2.75) is 27.7 Å². The molecule has 0 aliphatic carbocycles. The summed E-state index contributed by atoms with van der Waals surface area (Å²) in [5.41, 5.74) is 4.94. The second-order valence-electron chi connectivity index (χ2n) is 5.10. The zero-order valence-electron chi connectivity index (χ0n) is 12.0. The summed E-state index contributed by atoms with van der Waals surface area (Å²) in [5.74, 6) is -2.29. The number of carboxylic acids is 1. The summed E-state index contributed by atoms with van der Waals surface area (Å²) in [6, 6.07) is 7.73. The van der Waals surface area contributed by atoms with Gasteiger partial charge < -0.3 is 9.67 Å². The Bertz CT molecular complexity index is 691. The van der Waals surface area contributed by atoms with Gasteiger partial charge in [-0.3, -0.25) is 4.79 Å². The van der Waals surface area contributed by atoms with Gasteiger partial charge in [-0.2, -0.15) is 0 Å². The number of rotatable bonds is 3. The molecule has 1 aromatic heterocycles. The topological polar surface area (TPSA) is 59.3 Å². The van der Waals surface area contributed by atoms with Gasteiger partial charge in [0.05, 0.1) is 5.56 Å². The predicted octanol–water partition coefficient (Wildman–Crippen LogP) is 2.98. The molecule has 0 atom stereocenters. The largest absolute Gasteiger partial charge is 0.475 e. The van der Waals surface area contributed by atoms with Gasteiger partial charge in [0.1, 0.15) is 0 Å². The normalized spacial score (nSPS) is 10.6. The minimum absolute atomic E-state index is 0.245. The van der Waals surface area contributed by atoms with Crippen LogP contribution in [-0.4, -0.2) is 21.4 Å². The number of aromatic nitrogens is 1. The monoisotopic (exact) mass is 271 g/mol. The molecule has 0 aliphatic rings. The summed E-state index contributed by atoms with van der Waals surface area (Å²) in [4.78, 5) is 22.5. The molecular weight excluding hydrogens is 254 g/mol. The highest BCUT2D eigenvalue weighted by Crippen LogP contribution is 2.23. The number of carbonyl (C=O) groups is 2. The standard InChI is InChI=1S/C16H17NO3/c1-9-5-10(2)7-13(6-9)17-11(3)8-14(12(17)4)15(18)16(19)20/h5-8H,1-4H3,(H,19,20). The Labute approximate surface area is 117 Å². The number of hydrogen-bond donors (Lipinski definition) is 1. The lowest BCUT2D eigenvalue weighted by Crippen LogP contribution is -2.13. The average Bonchev–Trinajstić information content (AvgIpc) is 2.62. The molecule has 0 amide bonds. The number of aryl methyl sites for hydroxylation is 3. The highest BCUT2D eigenvalue weighted by Gasteiger charge is 2.21. The molecule has 104 valence electrons. The first-order valence-electron chi connectivity index (χ1n) is 6.36. The highest BCUT2D eigenvalue weighted by atomic mass is 16.4. The molecule has 0 saturated carbocycles. The van der Waals surface area contributed by atoms with Crippen molar-refractivity contribution in [1.82, 2.24) is 4.57 Å². The van der Waals surface area contributed by atoms with E-state index in [1.807, 2.05) is 37.5 Å². The fraction of sp³-hybridized carbons (Fsp3) is 0.250. The van der Waals surface area contributed by atoms with E-state index in [9.17, 15) is 9.59 Å². The summed E-state index contributed by atoms with van der Waals surface area (Å²) < 4.78 is 1.91. The van der Waals surface area contributed by atoms with Crippen molar-refractivity contribution >= 4 is 11.8 Å². The summed E-state index contributed by atoms with van der Waals surface area (Å²) in [7, 11) is 0. The number of ketones is 1. The van der Waals surface area contributed by atoms with Gasteiger partial charge in [0.2, 0.25) is 0 Å². The average molecular weight is 271 g/mol. The Morgan fingerprint density at radius 2 is 1.50 bits per heavy atom. The molecular formula is C16H17NO3. The van der Waals surface area contributed by atoms with Crippen LogP contribution in [0.4, 0.5) is 0 Å². The molecule has 0 radical (unpaired) electrons. The second-order valence-corrected chi connectivity index (χ2v) is 5.10. The Balaban J connectivity index is 2.64. The van der Waals surface area contributed by atoms with Gasteiger partial charge in [0.25, 0.3) is 5.78 Å². The quantitative estimate of drug-likeness (QED) is 0.689. The fourth-order valence-corrected chi connectivity index (χ4v) is 2.58. The SMILES string of the molecule is Cc1cc(C)cc(-n2c(C)cc(C(=O)C(=O)O)c2C)c1. The Kier molecular flexibility index (Phi) is 3.49. The lowest BCUT2D eigenvalue weighted by Gasteiger charge is -2.11. The summed E-state index contributed by atoms with van der Waals surface area (Å²) in [6.07, 6.45) is 0. The van der Waals surface area contributed by atoms with Gasteiger partial charge in [-0.05, 0) is 57.0 Å². The number of aliphatic carboxylic acids is 1. The third kappa shape index (κ3) is 2.37. The third-order valence-electron chi connectivity index (χ3n) is 3.33. The molecule has 1 N–H and O–H groups in total. The van der Waals surface area contributed by atoms with Crippen molar-refractivity contribution in [1.29, 1.82) is 0 Å². The number of nitrogens with zero attached hydrogens (tertiary/aromatic N) is 1. The highest BCUT2D eigenvalue weighted by molar-refractivity contribution is 6.40. The van der Waals surface area contributed by atoms with E-state index in [4.69, 9.17) is 5.11 Å². The maximum Gasteiger partial charge on any atom is 0.377 e. The lowest BCUT2D eigenvalue weighted by atomic mass is 10.1. The third-order valence-corrected chi connectivity index (χ3v) is 3.33. The van der Waals surface area contributed by atoms with Crippen LogP contribution in [0.5, 0.6) is 0 Å². The fourth-order valence-electron chi connectivity index (χ4n) is 2.58. The van der Waals surface area contributed by atoms with Crippen LogP contribution in [0.3, 0.4) is 0 Å². The molecule has 0 fully saturated rings. The number of benzene rings is 1. The molecule has 0 saturated heterocycles. The van der Waals surface area contributed by atoms with Crippen LogP contribution in [0.1, 0.15) is 32.9 Å². The van der Waals surface area contributed by atoms with Gasteiger partial charge in [-0.25, -0.2) is 4.79 Å². The van der Waals surface area contributed by atoms with Crippen LogP contribution in [0.15, 0.2) is 24.3 Å². The summed E-state index contributed by atoms with van der Waals surface area (Å²) >= 11 is 0. The Hall–Kier alpha value is -2.36. The predicted molar refractivity (Wildman–Crippen MR) is 76.7 cm³/mol. The van der Waals surface area contributed by atoms with Crippen LogP contribution < -0.4 is 0 Å². The zero-order chi connectivity index (χ0) is 15.0. The molecule has 0 unspecified atom stereocenters. The van der Waals surface area contributed by atoms with Crippen molar-refractivity contribution in [2.24, 2.45) is 0 Å². The van der Waals surface area contributed by atoms with Crippen molar-refractivity contribution < 1.29 is 14.7 Å². The Morgan fingerprint density at radius 3 is 2.00 bits per heavy atom. The first-order chi connectivity index (χ1) is 9.31. The van der Waals surface area contributed by atoms with E-state index in [1.54, 1.807) is 13.0 Å². The number of carboxylic acid groups (broad SMARTS) is 1. The number of carbonyl (C=O) groups excluding carboxylic acids is 1. The molecule has 0 spiro atoms. The summed E-state index contributed by atoms with van der Waals surface area (Å²) in [6.45, 7) is 7.64. The van der Waals surface area contributed by atoms with Crippen molar-refractivity contribution in [3.05, 3.63) is 52.3 Å². The molecule has 1 heterocycles. The lowest BCUT2D eigenvalue weighted by molar-refractivity contribution is -0.131.